The van der Waals surface area contributed by atoms with Gasteiger partial charge in [-0.05, 0) is 0 Å². The van der Waals surface area contributed by atoms with E-state index in [1.54, 1.807) is 0 Å². The summed E-state index contributed by atoms with van der Waals surface area (Å²) in [5.74, 6) is 0. The summed E-state index contributed by atoms with van der Waals surface area (Å²) in [6.45, 7) is 0. The summed E-state index contributed by atoms with van der Waals surface area (Å²) in [6.07, 6.45) is -3.59. The maximum absolute atomic E-state index is 9.41. The van der Waals surface area contributed by atoms with Crippen LogP contribution < -0.4 is 0 Å². The molecule has 8 heteroatoms. The van der Waals surface area contributed by atoms with Crippen LogP contribution in [0.3, 0.4) is 0 Å². The Morgan fingerprint density at radius 3 is 1.40 bits per heavy atom. The first-order valence-corrected chi connectivity index (χ1v) is 1.76. The highest BCUT2D eigenvalue weighted by Crippen LogP contribution is 1.84. The molecule has 0 aromatic rings. The Morgan fingerprint density at radius 1 is 0.900 bits per heavy atom. The van der Waals surface area contributed by atoms with Gasteiger partial charge in [-0.2, -0.15) is 0 Å². The number of carboxylic acid groups (broad SMARTS) is 2. The number of carbonyl (C=O) groups is 2. The molecule has 0 bridgehead atoms. The van der Waals surface area contributed by atoms with Crippen molar-refractivity contribution in [1.82, 2.24) is 0 Å². The first-order valence-electron chi connectivity index (χ1n) is 1.76. The molecule has 0 saturated carbocycles. The minimum atomic E-state index is -1.80. The molecule has 0 aromatic carbocycles. The molecule has 0 aliphatic carbocycles. The van der Waals surface area contributed by atoms with Crippen molar-refractivity contribution in [3.63, 3.8) is 0 Å². The maximum atomic E-state index is 9.41. The molecule has 0 spiro atoms. The number of rotatable bonds is 3. The minimum Gasteiger partial charge on any atom is -0.448 e. The van der Waals surface area contributed by atoms with Crippen LogP contribution in [-0.4, -0.2) is 22.5 Å². The Hall–Kier alpha value is -1.54. The van der Waals surface area contributed by atoms with E-state index in [0.29, 0.717) is 0 Å². The summed E-state index contributed by atoms with van der Waals surface area (Å²) in [5, 5.41) is 21.7. The fourth-order valence-electron chi connectivity index (χ4n) is 0.0860. The van der Waals surface area contributed by atoms with Crippen molar-refractivity contribution in [2.75, 3.05) is 0 Å². The smallest absolute Gasteiger partial charge is 0.448 e. The van der Waals surface area contributed by atoms with Gasteiger partial charge < -0.3 is 10.2 Å². The van der Waals surface area contributed by atoms with Crippen LogP contribution in [0.15, 0.2) is 0 Å². The van der Waals surface area contributed by atoms with Crippen molar-refractivity contribution in [1.29, 1.82) is 0 Å². The molecule has 0 aromatic heterocycles. The van der Waals surface area contributed by atoms with Gasteiger partial charge >= 0.3 is 12.3 Å². The third-order valence-electron chi connectivity index (χ3n) is 0.238. The molecule has 0 fully saturated rings. The molecule has 0 saturated heterocycles. The summed E-state index contributed by atoms with van der Waals surface area (Å²) in [7, 11) is 0. The van der Waals surface area contributed by atoms with Gasteiger partial charge in [-0.25, -0.2) is 19.4 Å². The Labute approximate surface area is 53.3 Å². The predicted octanol–water partition coefficient (Wildman–Crippen LogP) is 0.154. The van der Waals surface area contributed by atoms with E-state index in [0.717, 1.165) is 0 Å². The first-order chi connectivity index (χ1) is 4.63. The lowest BCUT2D eigenvalue weighted by atomic mass is 11.4. The normalized spacial score (nSPS) is 8.40. The van der Waals surface area contributed by atoms with Gasteiger partial charge in [0.05, 0.1) is 0 Å². The quantitative estimate of drug-likeness (QED) is 0.335. The second-order valence-electron chi connectivity index (χ2n) is 0.835. The zero-order valence-electron chi connectivity index (χ0n) is 4.34. The molecule has 0 aliphatic rings. The fraction of sp³-hybridized carbons (Fsp3) is 0. The zero-order valence-corrected chi connectivity index (χ0v) is 4.34. The van der Waals surface area contributed by atoms with Crippen molar-refractivity contribution in [3.05, 3.63) is 0 Å². The zero-order chi connectivity index (χ0) is 7.98. The van der Waals surface area contributed by atoms with E-state index >= 15 is 0 Å². The third-order valence-corrected chi connectivity index (χ3v) is 0.238. The summed E-state index contributed by atoms with van der Waals surface area (Å²) in [5.41, 5.74) is 0. The number of hydrogen-bond donors (Lipinski definition) is 2. The Kier molecular flexibility index (Phi) is 3.68. The number of hydrogen-bond acceptors (Lipinski definition) is 6. The molecule has 0 rings (SSSR count). The van der Waals surface area contributed by atoms with Crippen molar-refractivity contribution < 1.29 is 39.7 Å². The van der Waals surface area contributed by atoms with Crippen molar-refractivity contribution in [2.24, 2.45) is 0 Å². The molecule has 58 valence electrons. The Morgan fingerprint density at radius 2 is 1.20 bits per heavy atom. The Balaban J connectivity index is 3.06. The molecular weight excluding hydrogens is 152 g/mol. The summed E-state index contributed by atoms with van der Waals surface area (Å²) < 4.78 is 0. The van der Waals surface area contributed by atoms with E-state index in [1.807, 2.05) is 0 Å². The van der Waals surface area contributed by atoms with Gasteiger partial charge in [-0.1, -0.05) is 0 Å². The van der Waals surface area contributed by atoms with Crippen molar-refractivity contribution in [3.8, 4) is 0 Å². The second kappa shape index (κ2) is 4.35. The van der Waals surface area contributed by atoms with Gasteiger partial charge in [0, 0.05) is 10.1 Å². The highest BCUT2D eigenvalue weighted by molar-refractivity contribution is 5.56. The molecule has 0 aliphatic heterocycles. The largest absolute Gasteiger partial charge is 0.540 e. The average molecular weight is 154 g/mol. The van der Waals surface area contributed by atoms with E-state index in [4.69, 9.17) is 10.2 Å². The van der Waals surface area contributed by atoms with Gasteiger partial charge in [0.25, 0.3) is 0 Å². The average Bonchev–Trinajstić information content (AvgIpc) is 1.79. The molecule has 10 heavy (non-hydrogen) atoms. The monoisotopic (exact) mass is 154 g/mol. The van der Waals surface area contributed by atoms with Crippen LogP contribution in [0.5, 0.6) is 0 Å². The van der Waals surface area contributed by atoms with Crippen LogP contribution in [0.1, 0.15) is 0 Å². The maximum Gasteiger partial charge on any atom is 0.540 e. The molecule has 0 amide bonds. The van der Waals surface area contributed by atoms with Gasteiger partial charge in [0.2, 0.25) is 0 Å². The van der Waals surface area contributed by atoms with E-state index < -0.39 is 12.3 Å². The molecular formula is C2H2O8. The molecule has 0 unspecified atom stereocenters. The van der Waals surface area contributed by atoms with Crippen LogP contribution in [-0.2, 0) is 19.9 Å². The van der Waals surface area contributed by atoms with Gasteiger partial charge in [0.1, 0.15) is 0 Å². The summed E-state index contributed by atoms with van der Waals surface area (Å²) >= 11 is 0. The van der Waals surface area contributed by atoms with E-state index in [1.165, 1.54) is 0 Å². The molecule has 0 radical (unpaired) electrons. The predicted molar refractivity (Wildman–Crippen MR) is 20.4 cm³/mol. The van der Waals surface area contributed by atoms with Gasteiger partial charge in [-0.15, -0.1) is 0 Å². The summed E-state index contributed by atoms with van der Waals surface area (Å²) in [4.78, 5) is 25.2. The topological polar surface area (TPSA) is 112 Å². The lowest BCUT2D eigenvalue weighted by molar-refractivity contribution is -0.600. The van der Waals surface area contributed by atoms with Crippen LogP contribution in [0, 0.1) is 0 Å². The molecule has 8 nitrogen and oxygen atoms in total. The lowest BCUT2D eigenvalue weighted by Gasteiger charge is -1.93. The van der Waals surface area contributed by atoms with Crippen LogP contribution in [0.25, 0.3) is 0 Å². The fourth-order valence-corrected chi connectivity index (χ4v) is 0.0860. The standard InChI is InChI=1S/C2H2O8/c3-1(4)7-9-10-8-2(5)6/h(H,3,4)(H,5,6). The SMILES string of the molecule is O=C(O)OOOOC(=O)O. The highest BCUT2D eigenvalue weighted by Gasteiger charge is 2.01. The van der Waals surface area contributed by atoms with Crippen molar-refractivity contribution in [2.45, 2.75) is 0 Å². The van der Waals surface area contributed by atoms with Crippen molar-refractivity contribution >= 4 is 12.3 Å². The molecule has 0 heterocycles. The minimum absolute atomic E-state index is 1.80. The molecule has 2 N–H and O–H groups in total. The van der Waals surface area contributed by atoms with Gasteiger partial charge in [-0.3, -0.25) is 0 Å². The van der Waals surface area contributed by atoms with Crippen LogP contribution >= 0.6 is 0 Å². The second-order valence-corrected chi connectivity index (χ2v) is 0.835. The van der Waals surface area contributed by atoms with E-state index in [2.05, 4.69) is 19.9 Å². The van der Waals surface area contributed by atoms with E-state index in [9.17, 15) is 9.59 Å². The highest BCUT2D eigenvalue weighted by atomic mass is 17.7. The van der Waals surface area contributed by atoms with Crippen LogP contribution in [0.4, 0.5) is 9.59 Å². The van der Waals surface area contributed by atoms with Crippen LogP contribution in [0.2, 0.25) is 0 Å². The Bertz CT molecular complexity index is 111. The van der Waals surface area contributed by atoms with E-state index in [-0.39, 0.29) is 0 Å². The summed E-state index contributed by atoms with van der Waals surface area (Å²) in [6, 6.07) is 0. The lowest BCUT2D eigenvalue weighted by Crippen LogP contribution is -2.06. The first kappa shape index (κ1) is 8.46. The van der Waals surface area contributed by atoms with Gasteiger partial charge in [0.15, 0.2) is 0 Å². The third kappa shape index (κ3) is 6.46. The molecule has 0 atom stereocenters.